The Bertz CT molecular complexity index is 776. The van der Waals surface area contributed by atoms with Gasteiger partial charge in [0.15, 0.2) is 0 Å². The lowest BCUT2D eigenvalue weighted by Gasteiger charge is -2.20. The number of carbonyl (C=O) groups excluding carboxylic acids is 1. The van der Waals surface area contributed by atoms with E-state index in [4.69, 9.17) is 9.84 Å². The molecule has 2 N–H and O–H groups in total. The van der Waals surface area contributed by atoms with Crippen LogP contribution in [0.2, 0.25) is 0 Å². The van der Waals surface area contributed by atoms with Gasteiger partial charge in [-0.15, -0.1) is 0 Å². The first-order chi connectivity index (χ1) is 12.4. The van der Waals surface area contributed by atoms with Gasteiger partial charge in [0.1, 0.15) is 11.5 Å². The van der Waals surface area contributed by atoms with E-state index >= 15 is 0 Å². The van der Waals surface area contributed by atoms with E-state index in [1.165, 1.54) is 4.90 Å². The van der Waals surface area contributed by atoms with Crippen molar-refractivity contribution in [2.75, 3.05) is 13.6 Å². The monoisotopic (exact) mass is 356 g/mol. The Kier molecular flexibility index (Phi) is 6.60. The summed E-state index contributed by atoms with van der Waals surface area (Å²) in [6, 6.07) is 14.9. The number of ether oxygens (including phenoxy) is 1. The summed E-state index contributed by atoms with van der Waals surface area (Å²) in [7, 11) is 1.57. The summed E-state index contributed by atoms with van der Waals surface area (Å²) in [4.78, 5) is 24.4. The summed E-state index contributed by atoms with van der Waals surface area (Å²) in [6.07, 6.45) is 0. The molecule has 1 atom stereocenters. The molecule has 0 aliphatic rings. The number of nitrogens with one attached hydrogen (secondary N) is 1. The summed E-state index contributed by atoms with van der Waals surface area (Å²) in [6.45, 7) is 3.99. The average Bonchev–Trinajstić information content (AvgIpc) is 2.60. The molecule has 0 aliphatic carbocycles. The second-order valence-corrected chi connectivity index (χ2v) is 6.30. The van der Waals surface area contributed by atoms with Gasteiger partial charge in [-0.25, -0.2) is 4.79 Å². The van der Waals surface area contributed by atoms with Crippen LogP contribution in [0.3, 0.4) is 0 Å². The topological polar surface area (TPSA) is 78.9 Å². The fraction of sp³-hybridized carbons (Fsp3) is 0.300. The number of urea groups is 1. The first-order valence-electron chi connectivity index (χ1n) is 8.41. The molecule has 2 amide bonds. The number of carboxylic acids is 1. The van der Waals surface area contributed by atoms with Crippen LogP contribution in [-0.4, -0.2) is 35.6 Å². The molecule has 2 aromatic rings. The Hall–Kier alpha value is -3.02. The zero-order valence-electron chi connectivity index (χ0n) is 15.2. The normalized spacial score (nSPS) is 11.5. The lowest BCUT2D eigenvalue weighted by molar-refractivity contribution is -0.141. The van der Waals surface area contributed by atoms with Gasteiger partial charge in [0.25, 0.3) is 0 Å². The van der Waals surface area contributed by atoms with Crippen molar-refractivity contribution < 1.29 is 19.4 Å². The molecular weight excluding hydrogens is 332 g/mol. The molecule has 138 valence electrons. The summed E-state index contributed by atoms with van der Waals surface area (Å²) >= 11 is 0. The summed E-state index contributed by atoms with van der Waals surface area (Å²) < 4.78 is 5.94. The molecule has 2 aromatic carbocycles. The van der Waals surface area contributed by atoms with E-state index in [1.807, 2.05) is 55.5 Å². The maximum absolute atomic E-state index is 12.2. The highest BCUT2D eigenvalue weighted by molar-refractivity contribution is 5.75. The fourth-order valence-corrected chi connectivity index (χ4v) is 2.43. The van der Waals surface area contributed by atoms with Crippen LogP contribution in [0.5, 0.6) is 11.5 Å². The molecule has 6 heteroatoms. The van der Waals surface area contributed by atoms with Crippen molar-refractivity contribution in [1.29, 1.82) is 0 Å². The molecule has 0 aromatic heterocycles. The van der Waals surface area contributed by atoms with Crippen LogP contribution in [0.25, 0.3) is 0 Å². The highest BCUT2D eigenvalue weighted by Crippen LogP contribution is 2.25. The second kappa shape index (κ2) is 8.89. The van der Waals surface area contributed by atoms with Crippen molar-refractivity contribution in [2.24, 2.45) is 5.92 Å². The SMILES string of the molecule is Cc1cccc(Oc2ccccc2CNC(=O)N(C)CC(C)C(=O)O)c1. The molecule has 0 bridgehead atoms. The Labute approximate surface area is 153 Å². The molecule has 0 saturated carbocycles. The molecule has 2 rings (SSSR count). The molecule has 1 unspecified atom stereocenters. The first-order valence-corrected chi connectivity index (χ1v) is 8.41. The number of amides is 2. The molecule has 0 spiro atoms. The Balaban J connectivity index is 1.99. The number of para-hydroxylation sites is 1. The van der Waals surface area contributed by atoms with Gasteiger partial charge < -0.3 is 20.1 Å². The predicted octanol–water partition coefficient (Wildman–Crippen LogP) is 3.65. The average molecular weight is 356 g/mol. The number of carbonyl (C=O) groups is 2. The maximum Gasteiger partial charge on any atom is 0.317 e. The van der Waals surface area contributed by atoms with Crippen molar-refractivity contribution in [1.82, 2.24) is 10.2 Å². The minimum Gasteiger partial charge on any atom is -0.481 e. The summed E-state index contributed by atoms with van der Waals surface area (Å²) in [5.41, 5.74) is 1.93. The molecule has 0 fully saturated rings. The zero-order chi connectivity index (χ0) is 19.1. The van der Waals surface area contributed by atoms with Gasteiger partial charge in [-0.2, -0.15) is 0 Å². The van der Waals surface area contributed by atoms with E-state index in [-0.39, 0.29) is 19.1 Å². The third-order valence-electron chi connectivity index (χ3n) is 3.94. The third kappa shape index (κ3) is 5.51. The van der Waals surface area contributed by atoms with Crippen LogP contribution in [0.1, 0.15) is 18.1 Å². The van der Waals surface area contributed by atoms with E-state index in [0.717, 1.165) is 16.9 Å². The predicted molar refractivity (Wildman–Crippen MR) is 99.4 cm³/mol. The van der Waals surface area contributed by atoms with Crippen LogP contribution in [0.4, 0.5) is 4.79 Å². The number of carboxylic acid groups (broad SMARTS) is 1. The Morgan fingerprint density at radius 2 is 1.92 bits per heavy atom. The molecule has 0 radical (unpaired) electrons. The highest BCUT2D eigenvalue weighted by atomic mass is 16.5. The lowest BCUT2D eigenvalue weighted by Crippen LogP contribution is -2.40. The largest absolute Gasteiger partial charge is 0.481 e. The van der Waals surface area contributed by atoms with Crippen molar-refractivity contribution in [3.05, 3.63) is 59.7 Å². The van der Waals surface area contributed by atoms with E-state index < -0.39 is 11.9 Å². The van der Waals surface area contributed by atoms with Crippen LogP contribution in [0, 0.1) is 12.8 Å². The quantitative estimate of drug-likeness (QED) is 0.794. The van der Waals surface area contributed by atoms with Crippen molar-refractivity contribution in [2.45, 2.75) is 20.4 Å². The first kappa shape index (κ1) is 19.3. The number of nitrogens with zero attached hydrogens (tertiary/aromatic N) is 1. The van der Waals surface area contributed by atoms with Gasteiger partial charge in [-0.05, 0) is 30.7 Å². The number of hydrogen-bond acceptors (Lipinski definition) is 3. The second-order valence-electron chi connectivity index (χ2n) is 6.30. The molecule has 26 heavy (non-hydrogen) atoms. The van der Waals surface area contributed by atoms with Crippen LogP contribution in [0.15, 0.2) is 48.5 Å². The maximum atomic E-state index is 12.2. The van der Waals surface area contributed by atoms with Crippen molar-refractivity contribution in [3.8, 4) is 11.5 Å². The number of aliphatic carboxylic acids is 1. The highest BCUT2D eigenvalue weighted by Gasteiger charge is 2.17. The van der Waals surface area contributed by atoms with E-state index in [1.54, 1.807) is 14.0 Å². The van der Waals surface area contributed by atoms with Crippen molar-refractivity contribution in [3.63, 3.8) is 0 Å². The van der Waals surface area contributed by atoms with E-state index in [9.17, 15) is 9.59 Å². The van der Waals surface area contributed by atoms with Gasteiger partial charge in [-0.3, -0.25) is 4.79 Å². The summed E-state index contributed by atoms with van der Waals surface area (Å²) in [5, 5.41) is 11.7. The van der Waals surface area contributed by atoms with Crippen LogP contribution < -0.4 is 10.1 Å². The zero-order valence-corrected chi connectivity index (χ0v) is 15.2. The number of hydrogen-bond donors (Lipinski definition) is 2. The Morgan fingerprint density at radius 1 is 1.19 bits per heavy atom. The van der Waals surface area contributed by atoms with Gasteiger partial charge >= 0.3 is 12.0 Å². The molecule has 0 saturated heterocycles. The minimum atomic E-state index is -0.929. The molecule has 0 aliphatic heterocycles. The number of rotatable bonds is 7. The smallest absolute Gasteiger partial charge is 0.317 e. The standard InChI is InChI=1S/C20H24N2O4/c1-14-7-6-9-17(11-14)26-18-10-5-4-8-16(18)12-21-20(25)22(3)13-15(2)19(23)24/h4-11,15H,12-13H2,1-3H3,(H,21,25)(H,23,24). The Morgan fingerprint density at radius 3 is 2.62 bits per heavy atom. The van der Waals surface area contributed by atoms with Gasteiger partial charge in [0.05, 0.1) is 5.92 Å². The van der Waals surface area contributed by atoms with Gasteiger partial charge in [-0.1, -0.05) is 37.3 Å². The van der Waals surface area contributed by atoms with Crippen molar-refractivity contribution >= 4 is 12.0 Å². The van der Waals surface area contributed by atoms with E-state index in [2.05, 4.69) is 5.32 Å². The number of aryl methyl sites for hydroxylation is 1. The van der Waals surface area contributed by atoms with Gasteiger partial charge in [0.2, 0.25) is 0 Å². The number of benzene rings is 2. The molecule has 0 heterocycles. The fourth-order valence-electron chi connectivity index (χ4n) is 2.43. The minimum absolute atomic E-state index is 0.141. The third-order valence-corrected chi connectivity index (χ3v) is 3.94. The molecular formula is C20H24N2O4. The van der Waals surface area contributed by atoms with Gasteiger partial charge in [0, 0.05) is 25.7 Å². The molecule has 6 nitrogen and oxygen atoms in total. The van der Waals surface area contributed by atoms with E-state index in [0.29, 0.717) is 5.75 Å². The van der Waals surface area contributed by atoms with Crippen LogP contribution >= 0.6 is 0 Å². The summed E-state index contributed by atoms with van der Waals surface area (Å²) in [5.74, 6) is -0.152. The van der Waals surface area contributed by atoms with Crippen LogP contribution in [-0.2, 0) is 11.3 Å². The lowest BCUT2D eigenvalue weighted by atomic mass is 10.2.